The van der Waals surface area contributed by atoms with Gasteiger partial charge in [-0.1, -0.05) is 26.0 Å². The molecule has 2 N–H and O–H groups in total. The number of β-amino-alcohol motifs (C(OH)–C–C–N with tert-alkyl or cyclic N) is 1. The SMILES string of the molecule is CC(C)(C)[C@H](C(=O)N1C[C@H](O)C[C@H]1C(=O)NC1CCS(=O)C1)n1cc(C2CC2)nn1. The van der Waals surface area contributed by atoms with Gasteiger partial charge in [0, 0.05) is 53.4 Å². The molecule has 30 heavy (non-hydrogen) atoms. The highest BCUT2D eigenvalue weighted by Gasteiger charge is 2.46. The number of aliphatic hydroxyl groups excluding tert-OH is 1. The van der Waals surface area contributed by atoms with Crippen LogP contribution in [-0.4, -0.2) is 77.3 Å². The molecule has 0 radical (unpaired) electrons. The molecule has 9 nitrogen and oxygen atoms in total. The van der Waals surface area contributed by atoms with E-state index in [1.807, 2.05) is 27.0 Å². The Hall–Kier alpha value is -1.81. The molecule has 3 aliphatic rings. The van der Waals surface area contributed by atoms with E-state index in [1.165, 1.54) is 4.90 Å². The van der Waals surface area contributed by atoms with Crippen LogP contribution in [0.5, 0.6) is 0 Å². The van der Waals surface area contributed by atoms with Gasteiger partial charge in [-0.05, 0) is 24.7 Å². The number of rotatable bonds is 5. The average molecular weight is 438 g/mol. The van der Waals surface area contributed by atoms with E-state index in [2.05, 4.69) is 15.6 Å². The van der Waals surface area contributed by atoms with Gasteiger partial charge in [-0.2, -0.15) is 0 Å². The van der Waals surface area contributed by atoms with Crippen LogP contribution >= 0.6 is 0 Å². The van der Waals surface area contributed by atoms with Crippen molar-refractivity contribution < 1.29 is 18.9 Å². The Morgan fingerprint density at radius 3 is 2.63 bits per heavy atom. The Morgan fingerprint density at radius 1 is 1.30 bits per heavy atom. The van der Waals surface area contributed by atoms with Crippen molar-refractivity contribution in [1.82, 2.24) is 25.2 Å². The first kappa shape index (κ1) is 21.4. The number of carbonyl (C=O) groups excluding carboxylic acids is 2. The van der Waals surface area contributed by atoms with Gasteiger partial charge in [0.05, 0.1) is 11.8 Å². The van der Waals surface area contributed by atoms with E-state index in [-0.39, 0.29) is 30.8 Å². The second kappa shape index (κ2) is 8.03. The number of amides is 2. The number of hydrogen-bond acceptors (Lipinski definition) is 6. The first-order chi connectivity index (χ1) is 14.1. The normalized spacial score (nSPS) is 30.5. The van der Waals surface area contributed by atoms with Gasteiger partial charge in [0.1, 0.15) is 12.1 Å². The molecular formula is C20H31N5O4S. The van der Waals surface area contributed by atoms with Crippen molar-refractivity contribution >= 4 is 22.6 Å². The van der Waals surface area contributed by atoms with Gasteiger partial charge in [0.2, 0.25) is 11.8 Å². The van der Waals surface area contributed by atoms with Crippen LogP contribution in [0.3, 0.4) is 0 Å². The minimum atomic E-state index is -0.899. The Labute approximate surface area is 179 Å². The number of nitrogens with zero attached hydrogens (tertiary/aromatic N) is 4. The predicted octanol–water partition coefficient (Wildman–Crippen LogP) is 0.342. The molecule has 1 aliphatic carbocycles. The number of likely N-dealkylation sites (tertiary alicyclic amines) is 1. The van der Waals surface area contributed by atoms with Gasteiger partial charge in [0.25, 0.3) is 0 Å². The molecule has 1 aromatic rings. The summed E-state index contributed by atoms with van der Waals surface area (Å²) in [6.45, 7) is 6.00. The van der Waals surface area contributed by atoms with Crippen molar-refractivity contribution in [3.05, 3.63) is 11.9 Å². The third kappa shape index (κ3) is 4.44. The first-order valence-corrected chi connectivity index (χ1v) is 12.2. The van der Waals surface area contributed by atoms with Gasteiger partial charge < -0.3 is 15.3 Å². The first-order valence-electron chi connectivity index (χ1n) is 10.7. The Morgan fingerprint density at radius 2 is 2.03 bits per heavy atom. The van der Waals surface area contributed by atoms with Crippen molar-refractivity contribution in [3.63, 3.8) is 0 Å². The molecule has 3 fully saturated rings. The van der Waals surface area contributed by atoms with Crippen molar-refractivity contribution in [3.8, 4) is 0 Å². The molecule has 3 heterocycles. The van der Waals surface area contributed by atoms with Crippen molar-refractivity contribution in [2.45, 2.75) is 76.6 Å². The van der Waals surface area contributed by atoms with E-state index in [0.717, 1.165) is 18.5 Å². The summed E-state index contributed by atoms with van der Waals surface area (Å²) >= 11 is 0. The van der Waals surface area contributed by atoms with E-state index in [9.17, 15) is 18.9 Å². The van der Waals surface area contributed by atoms with Crippen molar-refractivity contribution in [2.75, 3.05) is 18.1 Å². The summed E-state index contributed by atoms with van der Waals surface area (Å²) in [6.07, 6.45) is 4.17. The molecular weight excluding hydrogens is 406 g/mol. The van der Waals surface area contributed by atoms with Crippen LogP contribution < -0.4 is 5.32 Å². The van der Waals surface area contributed by atoms with Gasteiger partial charge in [0.15, 0.2) is 0 Å². The lowest BCUT2D eigenvalue weighted by molar-refractivity contribution is -0.144. The van der Waals surface area contributed by atoms with E-state index in [0.29, 0.717) is 23.8 Å². The average Bonchev–Trinajstić information content (AvgIpc) is 3.05. The molecule has 4 rings (SSSR count). The quantitative estimate of drug-likeness (QED) is 0.686. The molecule has 166 valence electrons. The maximum Gasteiger partial charge on any atom is 0.248 e. The largest absolute Gasteiger partial charge is 0.391 e. The molecule has 5 atom stereocenters. The molecule has 0 aromatic carbocycles. The highest BCUT2D eigenvalue weighted by molar-refractivity contribution is 7.85. The zero-order valence-corrected chi connectivity index (χ0v) is 18.6. The standard InChI is InChI=1S/C20H31N5O4S/c1-20(2,3)17(25-10-15(22-23-25)12-4-5-12)19(28)24-9-14(26)8-16(24)18(27)21-13-6-7-30(29)11-13/h10,12-14,16-17,26H,4-9,11H2,1-3H3,(H,21,27)/t13?,14-,16+,17+,30?/m1/s1. The highest BCUT2D eigenvalue weighted by Crippen LogP contribution is 2.40. The second-order valence-corrected chi connectivity index (χ2v) is 11.5. The third-order valence-corrected chi connectivity index (χ3v) is 7.60. The summed E-state index contributed by atoms with van der Waals surface area (Å²) in [4.78, 5) is 28.1. The van der Waals surface area contributed by atoms with Gasteiger partial charge in [-0.3, -0.25) is 13.8 Å². The topological polar surface area (TPSA) is 117 Å². The molecule has 10 heteroatoms. The van der Waals surface area contributed by atoms with Crippen LogP contribution in [0.4, 0.5) is 0 Å². The number of nitrogens with one attached hydrogen (secondary N) is 1. The van der Waals surface area contributed by atoms with Crippen LogP contribution in [0.1, 0.15) is 64.1 Å². The monoisotopic (exact) mass is 437 g/mol. The van der Waals surface area contributed by atoms with Gasteiger partial charge >= 0.3 is 0 Å². The third-order valence-electron chi connectivity index (χ3n) is 6.13. The molecule has 1 aromatic heterocycles. The summed E-state index contributed by atoms with van der Waals surface area (Å²) in [5.41, 5.74) is 0.449. The molecule has 2 aliphatic heterocycles. The lowest BCUT2D eigenvalue weighted by atomic mass is 9.85. The van der Waals surface area contributed by atoms with Crippen molar-refractivity contribution in [2.24, 2.45) is 5.41 Å². The van der Waals surface area contributed by atoms with Crippen LogP contribution in [0.25, 0.3) is 0 Å². The van der Waals surface area contributed by atoms with Crippen molar-refractivity contribution in [1.29, 1.82) is 0 Å². The van der Waals surface area contributed by atoms with Crippen LogP contribution in [0.2, 0.25) is 0 Å². The minimum absolute atomic E-state index is 0.115. The maximum atomic E-state index is 13.6. The summed E-state index contributed by atoms with van der Waals surface area (Å²) in [7, 11) is -0.899. The second-order valence-electron chi connectivity index (χ2n) is 9.87. The van der Waals surface area contributed by atoms with E-state index >= 15 is 0 Å². The molecule has 0 spiro atoms. The summed E-state index contributed by atoms with van der Waals surface area (Å²) < 4.78 is 13.3. The number of aliphatic hydroxyl groups is 1. The fourth-order valence-corrected chi connectivity index (χ4v) is 5.81. The fourth-order valence-electron chi connectivity index (χ4n) is 4.40. The number of carbonyl (C=O) groups is 2. The van der Waals surface area contributed by atoms with E-state index in [1.54, 1.807) is 4.68 Å². The highest BCUT2D eigenvalue weighted by atomic mass is 32.2. The van der Waals surface area contributed by atoms with Crippen LogP contribution in [0.15, 0.2) is 6.20 Å². The van der Waals surface area contributed by atoms with E-state index < -0.39 is 34.4 Å². The maximum absolute atomic E-state index is 13.6. The van der Waals surface area contributed by atoms with Gasteiger partial charge in [-0.25, -0.2) is 4.68 Å². The summed E-state index contributed by atoms with van der Waals surface area (Å²) in [5.74, 6) is 0.944. The molecule has 1 saturated carbocycles. The summed E-state index contributed by atoms with van der Waals surface area (Å²) in [5, 5.41) is 21.7. The van der Waals surface area contributed by atoms with Crippen LogP contribution in [-0.2, 0) is 20.4 Å². The Balaban J connectivity index is 1.54. The lowest BCUT2D eigenvalue weighted by Gasteiger charge is -2.34. The zero-order valence-electron chi connectivity index (χ0n) is 17.8. The van der Waals surface area contributed by atoms with Crippen LogP contribution in [0, 0.1) is 5.41 Å². The number of hydrogen-bond donors (Lipinski definition) is 2. The number of aromatic nitrogens is 3. The molecule has 2 amide bonds. The smallest absolute Gasteiger partial charge is 0.248 e. The fraction of sp³-hybridized carbons (Fsp3) is 0.800. The Bertz CT molecular complexity index is 846. The lowest BCUT2D eigenvalue weighted by Crippen LogP contribution is -2.52. The predicted molar refractivity (Wildman–Crippen MR) is 111 cm³/mol. The molecule has 2 unspecified atom stereocenters. The van der Waals surface area contributed by atoms with E-state index in [4.69, 9.17) is 0 Å². The zero-order chi connectivity index (χ0) is 21.6. The molecule has 2 saturated heterocycles. The Kier molecular flexibility index (Phi) is 5.73. The van der Waals surface area contributed by atoms with Gasteiger partial charge in [-0.15, -0.1) is 5.10 Å². The summed E-state index contributed by atoms with van der Waals surface area (Å²) in [6, 6.07) is -1.50. The molecule has 0 bridgehead atoms. The minimum Gasteiger partial charge on any atom is -0.391 e.